The molecule has 23 heavy (non-hydrogen) atoms. The first-order valence-electron chi connectivity index (χ1n) is 7.91. The summed E-state index contributed by atoms with van der Waals surface area (Å²) in [6.07, 6.45) is 1.51. The average molecular weight is 361 g/mol. The molecule has 2 unspecified atom stereocenters. The Hall–Kier alpha value is -0.573. The zero-order chi connectivity index (χ0) is 18.1. The van der Waals surface area contributed by atoms with Crippen molar-refractivity contribution in [3.63, 3.8) is 0 Å². The molecule has 1 N–H and O–H groups in total. The third-order valence-corrected chi connectivity index (χ3v) is 10.4. The molecule has 0 bridgehead atoms. The largest absolute Gasteiger partial charge is 0.415 e. The molecule has 0 aliphatic carbocycles. The van der Waals surface area contributed by atoms with Gasteiger partial charge < -0.3 is 4.43 Å². The van der Waals surface area contributed by atoms with Gasteiger partial charge in [0, 0.05) is 7.05 Å². The van der Waals surface area contributed by atoms with Crippen molar-refractivity contribution in [3.8, 4) is 0 Å². The lowest BCUT2D eigenvalue weighted by atomic mass is 10.2. The van der Waals surface area contributed by atoms with E-state index in [1.54, 1.807) is 4.68 Å². The van der Waals surface area contributed by atoms with Crippen molar-refractivity contribution >= 4 is 19.3 Å². The van der Waals surface area contributed by atoms with Gasteiger partial charge >= 0.3 is 0 Å². The van der Waals surface area contributed by atoms with E-state index in [4.69, 9.17) is 4.43 Å². The zero-order valence-corrected chi connectivity index (χ0v) is 17.7. The van der Waals surface area contributed by atoms with Crippen LogP contribution in [0.2, 0.25) is 18.1 Å². The van der Waals surface area contributed by atoms with E-state index < -0.39 is 19.3 Å². The quantitative estimate of drug-likeness (QED) is 0.792. The number of hydrogen-bond acceptors (Lipinski definition) is 4. The number of nitrogens with zero attached hydrogens (tertiary/aromatic N) is 3. The summed E-state index contributed by atoms with van der Waals surface area (Å²) in [6, 6.07) is -0.253. The van der Waals surface area contributed by atoms with Crippen LogP contribution in [-0.2, 0) is 22.5 Å². The highest BCUT2D eigenvalue weighted by Crippen LogP contribution is 2.37. The molecule has 0 fully saturated rings. The summed E-state index contributed by atoms with van der Waals surface area (Å²) in [4.78, 5) is 4.30. The minimum absolute atomic E-state index is 0.126. The van der Waals surface area contributed by atoms with Gasteiger partial charge in [-0.15, -0.1) is 0 Å². The van der Waals surface area contributed by atoms with Crippen molar-refractivity contribution in [1.82, 2.24) is 19.5 Å². The Kier molecular flexibility index (Phi) is 6.34. The molecule has 1 rings (SSSR count). The molecule has 1 aromatic heterocycles. The Balaban J connectivity index is 2.94. The minimum Gasteiger partial charge on any atom is -0.415 e. The van der Waals surface area contributed by atoms with E-state index in [1.165, 1.54) is 6.33 Å². The monoisotopic (exact) mass is 360 g/mol. The lowest BCUT2D eigenvalue weighted by Gasteiger charge is -2.37. The first kappa shape index (κ1) is 20.5. The fourth-order valence-corrected chi connectivity index (χ4v) is 3.40. The van der Waals surface area contributed by atoms with Crippen LogP contribution in [0, 0.1) is 0 Å². The van der Waals surface area contributed by atoms with Crippen molar-refractivity contribution in [2.75, 3.05) is 6.61 Å². The summed E-state index contributed by atoms with van der Waals surface area (Å²) < 4.78 is 23.3. The average Bonchev–Trinajstić information content (AvgIpc) is 2.77. The summed E-state index contributed by atoms with van der Waals surface area (Å²) in [5.41, 5.74) is 0. The Labute approximate surface area is 144 Å². The van der Waals surface area contributed by atoms with Crippen LogP contribution in [0.3, 0.4) is 0 Å². The molecular formula is C15H32N4O2SSi. The molecule has 134 valence electrons. The molecule has 1 heterocycles. The van der Waals surface area contributed by atoms with Crippen LogP contribution in [0.25, 0.3) is 0 Å². The van der Waals surface area contributed by atoms with E-state index in [9.17, 15) is 4.21 Å². The second-order valence-corrected chi connectivity index (χ2v) is 15.2. The summed E-state index contributed by atoms with van der Waals surface area (Å²) >= 11 is 0. The molecule has 0 amide bonds. The highest BCUT2D eigenvalue weighted by atomic mass is 32.2. The second kappa shape index (κ2) is 7.12. The summed E-state index contributed by atoms with van der Waals surface area (Å²) in [7, 11) is -1.26. The van der Waals surface area contributed by atoms with Crippen LogP contribution < -0.4 is 4.72 Å². The molecule has 0 spiro atoms. The molecule has 0 radical (unpaired) electrons. The first-order chi connectivity index (χ1) is 10.3. The zero-order valence-electron chi connectivity index (χ0n) is 15.9. The van der Waals surface area contributed by atoms with Gasteiger partial charge in [-0.05, 0) is 38.9 Å². The molecule has 8 heteroatoms. The highest BCUT2D eigenvalue weighted by molar-refractivity contribution is 7.84. The Morgan fingerprint density at radius 1 is 1.30 bits per heavy atom. The standard InChI is InChI=1S/C15H32N4O2SSi/c1-14(2,3)22(20)18-12(13-16-11-17-19(13)7)10-21-23(8,9)15(4,5)6/h11-12,18H,10H2,1-9H3. The number of aryl methyl sites for hydroxylation is 1. The van der Waals surface area contributed by atoms with Crippen molar-refractivity contribution in [2.45, 2.75) is 70.5 Å². The van der Waals surface area contributed by atoms with Gasteiger partial charge in [0.05, 0.1) is 22.3 Å². The molecule has 6 nitrogen and oxygen atoms in total. The third-order valence-electron chi connectivity index (χ3n) is 4.28. The SMILES string of the molecule is Cn1ncnc1C(CO[Si](C)(C)C(C)(C)C)NS(=O)C(C)(C)C. The van der Waals surface area contributed by atoms with E-state index in [1.807, 2.05) is 27.8 Å². The number of nitrogens with one attached hydrogen (secondary N) is 1. The van der Waals surface area contributed by atoms with Crippen molar-refractivity contribution in [1.29, 1.82) is 0 Å². The van der Waals surface area contributed by atoms with Crippen LogP contribution in [0.15, 0.2) is 6.33 Å². The van der Waals surface area contributed by atoms with Crippen molar-refractivity contribution < 1.29 is 8.63 Å². The van der Waals surface area contributed by atoms with E-state index in [0.717, 1.165) is 5.82 Å². The van der Waals surface area contributed by atoms with Crippen molar-refractivity contribution in [3.05, 3.63) is 12.2 Å². The molecule has 0 saturated heterocycles. The predicted octanol–water partition coefficient (Wildman–Crippen LogP) is 2.93. The Morgan fingerprint density at radius 3 is 2.26 bits per heavy atom. The van der Waals surface area contributed by atoms with Crippen LogP contribution in [0.5, 0.6) is 0 Å². The van der Waals surface area contributed by atoms with Gasteiger partial charge in [-0.2, -0.15) is 5.10 Å². The highest BCUT2D eigenvalue weighted by Gasteiger charge is 2.38. The fourth-order valence-electron chi connectivity index (χ4n) is 1.60. The first-order valence-corrected chi connectivity index (χ1v) is 12.0. The molecule has 2 atom stereocenters. The number of rotatable bonds is 6. The van der Waals surface area contributed by atoms with E-state index in [-0.39, 0.29) is 15.8 Å². The van der Waals surface area contributed by atoms with Crippen molar-refractivity contribution in [2.24, 2.45) is 7.05 Å². The smallest absolute Gasteiger partial charge is 0.192 e. The number of hydrogen-bond donors (Lipinski definition) is 1. The lowest BCUT2D eigenvalue weighted by molar-refractivity contribution is 0.250. The lowest BCUT2D eigenvalue weighted by Crippen LogP contribution is -2.44. The van der Waals surface area contributed by atoms with E-state index in [2.05, 4.69) is 48.7 Å². The fraction of sp³-hybridized carbons (Fsp3) is 0.867. The van der Waals surface area contributed by atoms with E-state index >= 15 is 0 Å². The van der Waals surface area contributed by atoms with Gasteiger partial charge in [0.25, 0.3) is 0 Å². The van der Waals surface area contributed by atoms with Crippen LogP contribution in [-0.4, -0.2) is 38.6 Å². The minimum atomic E-state index is -1.89. The maximum Gasteiger partial charge on any atom is 0.192 e. The maximum absolute atomic E-state index is 12.5. The van der Waals surface area contributed by atoms with Gasteiger partial charge in [0.1, 0.15) is 18.2 Å². The summed E-state index contributed by atoms with van der Waals surface area (Å²) in [5, 5.41) is 4.25. The molecule has 0 saturated carbocycles. The molecule has 1 aromatic rings. The van der Waals surface area contributed by atoms with Gasteiger partial charge in [-0.25, -0.2) is 13.9 Å². The molecular weight excluding hydrogens is 328 g/mol. The van der Waals surface area contributed by atoms with Gasteiger partial charge in [-0.3, -0.25) is 4.68 Å². The molecule has 0 aliphatic rings. The predicted molar refractivity (Wildman–Crippen MR) is 97.9 cm³/mol. The Bertz CT molecular complexity index is 546. The number of aromatic nitrogens is 3. The summed E-state index contributed by atoms with van der Waals surface area (Å²) in [5.74, 6) is 0.737. The van der Waals surface area contributed by atoms with Crippen LogP contribution in [0.4, 0.5) is 0 Å². The normalized spacial score (nSPS) is 16.4. The van der Waals surface area contributed by atoms with Gasteiger partial charge in [-0.1, -0.05) is 20.8 Å². The van der Waals surface area contributed by atoms with Crippen LogP contribution in [0.1, 0.15) is 53.4 Å². The Morgan fingerprint density at radius 2 is 1.87 bits per heavy atom. The van der Waals surface area contributed by atoms with Gasteiger partial charge in [0.15, 0.2) is 8.32 Å². The van der Waals surface area contributed by atoms with E-state index in [0.29, 0.717) is 6.61 Å². The maximum atomic E-state index is 12.5. The van der Waals surface area contributed by atoms with Gasteiger partial charge in [0.2, 0.25) is 0 Å². The molecule has 0 aliphatic heterocycles. The topological polar surface area (TPSA) is 69.0 Å². The summed E-state index contributed by atoms with van der Waals surface area (Å²) in [6.45, 7) is 17.3. The second-order valence-electron chi connectivity index (χ2n) is 8.36. The third kappa shape index (κ3) is 5.48. The van der Waals surface area contributed by atoms with Crippen LogP contribution >= 0.6 is 0 Å². The molecule has 0 aromatic carbocycles.